The molecule has 0 spiro atoms. The summed E-state index contributed by atoms with van der Waals surface area (Å²) < 4.78 is 18.4. The Morgan fingerprint density at radius 2 is 2.21 bits per heavy atom. The first-order valence-corrected chi connectivity index (χ1v) is 6.20. The summed E-state index contributed by atoms with van der Waals surface area (Å²) in [6, 6.07) is 3.51. The number of urea groups is 1. The van der Waals surface area contributed by atoms with E-state index in [1.165, 1.54) is 12.1 Å². The van der Waals surface area contributed by atoms with Crippen LogP contribution in [0.4, 0.5) is 14.9 Å². The molecule has 7 heteroatoms. The maximum Gasteiger partial charge on any atom is 0.319 e. The van der Waals surface area contributed by atoms with E-state index >= 15 is 0 Å². The van der Waals surface area contributed by atoms with E-state index in [4.69, 9.17) is 21.4 Å². The average Bonchev–Trinajstić information content (AvgIpc) is 2.37. The van der Waals surface area contributed by atoms with Crippen LogP contribution in [0.25, 0.3) is 0 Å². The number of ether oxygens (including phenoxy) is 1. The van der Waals surface area contributed by atoms with Crippen LogP contribution >= 0.6 is 11.6 Å². The van der Waals surface area contributed by atoms with Gasteiger partial charge in [0.1, 0.15) is 5.82 Å². The van der Waals surface area contributed by atoms with Gasteiger partial charge in [0.05, 0.1) is 18.9 Å². The van der Waals surface area contributed by atoms with Crippen LogP contribution in [0.2, 0.25) is 5.02 Å². The fourth-order valence-corrected chi connectivity index (χ4v) is 1.46. The molecule has 106 valence electrons. The van der Waals surface area contributed by atoms with Crippen LogP contribution in [-0.4, -0.2) is 37.5 Å². The number of anilines is 1. The lowest BCUT2D eigenvalue weighted by molar-refractivity contribution is 0.0910. The van der Waals surface area contributed by atoms with Crippen molar-refractivity contribution in [1.29, 1.82) is 0 Å². The van der Waals surface area contributed by atoms with Crippen molar-refractivity contribution in [3.63, 3.8) is 0 Å². The minimum Gasteiger partial charge on any atom is -0.394 e. The molecular formula is C12H16ClFN2O3. The molecule has 0 aliphatic heterocycles. The summed E-state index contributed by atoms with van der Waals surface area (Å²) in [4.78, 5) is 11.4. The first-order valence-electron chi connectivity index (χ1n) is 5.82. The fourth-order valence-electron chi connectivity index (χ4n) is 1.30. The van der Waals surface area contributed by atoms with Crippen molar-refractivity contribution in [2.75, 3.05) is 31.7 Å². The minimum absolute atomic E-state index is 0.0240. The zero-order chi connectivity index (χ0) is 14.1. The van der Waals surface area contributed by atoms with Crippen LogP contribution < -0.4 is 10.6 Å². The highest BCUT2D eigenvalue weighted by molar-refractivity contribution is 6.30. The topological polar surface area (TPSA) is 70.6 Å². The third-order valence-electron chi connectivity index (χ3n) is 2.17. The summed E-state index contributed by atoms with van der Waals surface area (Å²) in [5.74, 6) is -0.589. The van der Waals surface area contributed by atoms with Gasteiger partial charge in [-0.2, -0.15) is 0 Å². The SMILES string of the molecule is O=C(NCCCOCCO)Nc1ccc(Cl)cc1F. The number of aliphatic hydroxyl groups excluding tert-OH is 1. The Morgan fingerprint density at radius 1 is 1.42 bits per heavy atom. The third kappa shape index (κ3) is 6.37. The van der Waals surface area contributed by atoms with Crippen LogP contribution in [0.15, 0.2) is 18.2 Å². The van der Waals surface area contributed by atoms with Crippen molar-refractivity contribution in [1.82, 2.24) is 5.32 Å². The van der Waals surface area contributed by atoms with Crippen LogP contribution in [0.1, 0.15) is 6.42 Å². The minimum atomic E-state index is -0.589. The molecule has 0 radical (unpaired) electrons. The highest BCUT2D eigenvalue weighted by atomic mass is 35.5. The molecule has 1 aromatic carbocycles. The summed E-state index contributed by atoms with van der Waals surface area (Å²) in [6.45, 7) is 1.09. The fraction of sp³-hybridized carbons (Fsp3) is 0.417. The van der Waals surface area contributed by atoms with Gasteiger partial charge < -0.3 is 20.5 Å². The number of carbonyl (C=O) groups is 1. The van der Waals surface area contributed by atoms with Crippen molar-refractivity contribution < 1.29 is 19.0 Å². The Kier molecular flexibility index (Phi) is 7.17. The van der Waals surface area contributed by atoms with E-state index < -0.39 is 11.8 Å². The Labute approximate surface area is 115 Å². The standard InChI is InChI=1S/C12H16ClFN2O3/c13-9-2-3-11(10(14)8-9)16-12(18)15-4-1-6-19-7-5-17/h2-3,8,17H,1,4-7H2,(H2,15,16,18). The van der Waals surface area contributed by atoms with Gasteiger partial charge in [-0.1, -0.05) is 11.6 Å². The third-order valence-corrected chi connectivity index (χ3v) is 2.40. The van der Waals surface area contributed by atoms with Gasteiger partial charge in [0, 0.05) is 18.2 Å². The van der Waals surface area contributed by atoms with Crippen LogP contribution in [0.5, 0.6) is 0 Å². The molecule has 0 fully saturated rings. The lowest BCUT2D eigenvalue weighted by Crippen LogP contribution is -2.30. The van der Waals surface area contributed by atoms with E-state index in [9.17, 15) is 9.18 Å². The Morgan fingerprint density at radius 3 is 2.89 bits per heavy atom. The average molecular weight is 291 g/mol. The molecule has 0 saturated carbocycles. The molecular weight excluding hydrogens is 275 g/mol. The maximum absolute atomic E-state index is 13.4. The smallest absolute Gasteiger partial charge is 0.319 e. The van der Waals surface area contributed by atoms with Crippen molar-refractivity contribution in [3.8, 4) is 0 Å². The number of aliphatic hydroxyl groups is 1. The number of hydrogen-bond donors (Lipinski definition) is 3. The summed E-state index contributed by atoms with van der Waals surface area (Å²) in [5, 5.41) is 13.7. The monoisotopic (exact) mass is 290 g/mol. The summed E-state index contributed by atoms with van der Waals surface area (Å²) in [5.41, 5.74) is 0.0680. The lowest BCUT2D eigenvalue weighted by Gasteiger charge is -2.08. The highest BCUT2D eigenvalue weighted by Gasteiger charge is 2.06. The summed E-state index contributed by atoms with van der Waals surface area (Å²) in [7, 11) is 0. The van der Waals surface area contributed by atoms with Gasteiger partial charge in [0.25, 0.3) is 0 Å². The molecule has 1 aromatic rings. The van der Waals surface area contributed by atoms with E-state index in [2.05, 4.69) is 10.6 Å². The van der Waals surface area contributed by atoms with E-state index in [-0.39, 0.29) is 23.9 Å². The number of amides is 2. The van der Waals surface area contributed by atoms with Gasteiger partial charge in [-0.05, 0) is 24.6 Å². The molecule has 2 amide bonds. The van der Waals surface area contributed by atoms with E-state index in [1.807, 2.05) is 0 Å². The second kappa shape index (κ2) is 8.68. The first kappa shape index (κ1) is 15.7. The van der Waals surface area contributed by atoms with E-state index in [0.717, 1.165) is 6.07 Å². The highest BCUT2D eigenvalue weighted by Crippen LogP contribution is 2.18. The zero-order valence-corrected chi connectivity index (χ0v) is 11.0. The molecule has 0 bridgehead atoms. The van der Waals surface area contributed by atoms with Crippen LogP contribution in [0.3, 0.4) is 0 Å². The largest absolute Gasteiger partial charge is 0.394 e. The normalized spacial score (nSPS) is 10.3. The molecule has 0 saturated heterocycles. The first-order chi connectivity index (χ1) is 9.13. The van der Waals surface area contributed by atoms with Crippen molar-refractivity contribution in [3.05, 3.63) is 29.0 Å². The molecule has 0 unspecified atom stereocenters. The summed E-state index contributed by atoms with van der Waals surface area (Å²) in [6.07, 6.45) is 0.608. The van der Waals surface area contributed by atoms with Gasteiger partial charge in [0.15, 0.2) is 0 Å². The zero-order valence-electron chi connectivity index (χ0n) is 10.3. The van der Waals surface area contributed by atoms with Gasteiger partial charge in [-0.3, -0.25) is 0 Å². The number of carbonyl (C=O) groups excluding carboxylic acids is 1. The Bertz CT molecular complexity index is 418. The van der Waals surface area contributed by atoms with Crippen LogP contribution in [0, 0.1) is 5.82 Å². The molecule has 0 heterocycles. The van der Waals surface area contributed by atoms with Gasteiger partial charge in [-0.15, -0.1) is 0 Å². The number of rotatable bonds is 7. The molecule has 5 nitrogen and oxygen atoms in total. The molecule has 0 aliphatic rings. The second-order valence-corrected chi connectivity index (χ2v) is 4.13. The Hall–Kier alpha value is -1.37. The van der Waals surface area contributed by atoms with Gasteiger partial charge >= 0.3 is 6.03 Å². The van der Waals surface area contributed by atoms with Crippen molar-refractivity contribution >= 4 is 23.3 Å². The second-order valence-electron chi connectivity index (χ2n) is 3.69. The number of benzene rings is 1. The molecule has 0 aromatic heterocycles. The van der Waals surface area contributed by atoms with Gasteiger partial charge in [0.2, 0.25) is 0 Å². The van der Waals surface area contributed by atoms with Gasteiger partial charge in [-0.25, -0.2) is 9.18 Å². The summed E-state index contributed by atoms with van der Waals surface area (Å²) >= 11 is 5.60. The molecule has 1 rings (SSSR count). The number of nitrogens with one attached hydrogen (secondary N) is 2. The Balaban J connectivity index is 2.23. The molecule has 0 atom stereocenters. The number of halogens is 2. The molecule has 19 heavy (non-hydrogen) atoms. The lowest BCUT2D eigenvalue weighted by atomic mass is 10.3. The molecule has 0 aliphatic carbocycles. The quantitative estimate of drug-likeness (QED) is 0.673. The maximum atomic E-state index is 13.4. The van der Waals surface area contributed by atoms with Crippen molar-refractivity contribution in [2.45, 2.75) is 6.42 Å². The molecule has 3 N–H and O–H groups in total. The number of hydrogen-bond acceptors (Lipinski definition) is 3. The van der Waals surface area contributed by atoms with E-state index in [1.54, 1.807) is 0 Å². The predicted octanol–water partition coefficient (Wildman–Crippen LogP) is 2.00. The van der Waals surface area contributed by atoms with E-state index in [0.29, 0.717) is 19.6 Å². The van der Waals surface area contributed by atoms with Crippen LogP contribution in [-0.2, 0) is 4.74 Å². The van der Waals surface area contributed by atoms with Crippen molar-refractivity contribution in [2.24, 2.45) is 0 Å². The predicted molar refractivity (Wildman–Crippen MR) is 71.0 cm³/mol.